The molecule has 0 bridgehead atoms. The van der Waals surface area contributed by atoms with Crippen LogP contribution in [0.1, 0.15) is 26.8 Å². The van der Waals surface area contributed by atoms with Crippen molar-refractivity contribution in [1.82, 2.24) is 0 Å². The first-order chi connectivity index (χ1) is 8.33. The van der Waals surface area contributed by atoms with E-state index in [-0.39, 0.29) is 31.0 Å². The van der Waals surface area contributed by atoms with Gasteiger partial charge in [0.15, 0.2) is 0 Å². The predicted octanol–water partition coefficient (Wildman–Crippen LogP) is 1.52. The van der Waals surface area contributed by atoms with E-state index in [2.05, 4.69) is 13.0 Å². The van der Waals surface area contributed by atoms with Crippen LogP contribution >= 0.6 is 0 Å². The van der Waals surface area contributed by atoms with E-state index >= 15 is 0 Å². The Balaban J connectivity index is 0.00000162. The Morgan fingerprint density at radius 2 is 1.72 bits per heavy atom. The van der Waals surface area contributed by atoms with Crippen molar-refractivity contribution in [2.45, 2.75) is 26.2 Å². The molecule has 0 heterocycles. The van der Waals surface area contributed by atoms with Crippen molar-refractivity contribution in [3.05, 3.63) is 54.1 Å². The molecule has 0 aromatic heterocycles. The zero-order chi connectivity index (χ0) is 12.1. The molecule has 0 saturated carbocycles. The van der Waals surface area contributed by atoms with E-state index in [0.717, 1.165) is 24.0 Å². The van der Waals surface area contributed by atoms with Crippen LogP contribution in [0.3, 0.4) is 0 Å². The number of aryl methyl sites for hydroxylation is 1. The monoisotopic (exact) mass is 250 g/mol. The van der Waals surface area contributed by atoms with Crippen LogP contribution in [0.25, 0.3) is 11.1 Å². The van der Waals surface area contributed by atoms with E-state index in [1.165, 1.54) is 12.0 Å². The fourth-order valence-electron chi connectivity index (χ4n) is 2.10. The van der Waals surface area contributed by atoms with Crippen molar-refractivity contribution in [3.8, 4) is 16.9 Å². The van der Waals surface area contributed by atoms with Gasteiger partial charge in [-0.25, -0.2) is 0 Å². The molecule has 1 N–H and O–H groups in total. The van der Waals surface area contributed by atoms with E-state index in [4.69, 9.17) is 0 Å². The molecule has 0 unspecified atom stereocenters. The Labute approximate surface area is 133 Å². The molecule has 0 fully saturated rings. The molecule has 0 aliphatic carbocycles. The number of rotatable bonds is 4. The molecule has 18 heavy (non-hydrogen) atoms. The smallest absolute Gasteiger partial charge is 1.00 e. The average molecular weight is 250 g/mol. The Bertz CT molecular complexity index is 485. The largest absolute Gasteiger partial charge is 1.00 e. The minimum Gasteiger partial charge on any atom is -1.00 e. The summed E-state index contributed by atoms with van der Waals surface area (Å²) in [5.41, 5.74) is 3.32. The summed E-state index contributed by atoms with van der Waals surface area (Å²) >= 11 is 0. The third-order valence-electron chi connectivity index (χ3n) is 2.99. The number of hydrogen-bond donors (Lipinski definition) is 1. The topological polar surface area (TPSA) is 20.2 Å². The molecule has 1 nitrogen and oxygen atoms in total. The van der Waals surface area contributed by atoms with Crippen LogP contribution in [0.4, 0.5) is 0 Å². The molecule has 0 aliphatic heterocycles. The van der Waals surface area contributed by atoms with Crippen LogP contribution in [-0.2, 0) is 6.42 Å². The van der Waals surface area contributed by atoms with Crippen molar-refractivity contribution in [3.63, 3.8) is 0 Å². The quantitative estimate of drug-likeness (QED) is 0.816. The Morgan fingerprint density at radius 3 is 2.39 bits per heavy atom. The Hall–Kier alpha value is -0.760. The molecule has 0 atom stereocenters. The van der Waals surface area contributed by atoms with Gasteiger partial charge in [0.05, 0.1) is 0 Å². The standard InChI is InChI=1S/C16H18O.Na.H/c1-2-3-8-13-11-7-12-15(17)16(13)14-9-5-4-6-10-14;;/h4-7,9-12,17H,2-3,8H2,1H3;;/q;+1;-1. The SMILES string of the molecule is CCCCc1cccc(O)c1-c1ccccc1.[H-].[Na+]. The molecule has 2 heteroatoms. The summed E-state index contributed by atoms with van der Waals surface area (Å²) in [5.74, 6) is 0.379. The van der Waals surface area contributed by atoms with Gasteiger partial charge >= 0.3 is 29.6 Å². The fraction of sp³-hybridized carbons (Fsp3) is 0.250. The van der Waals surface area contributed by atoms with Crippen molar-refractivity contribution in [2.24, 2.45) is 0 Å². The van der Waals surface area contributed by atoms with Gasteiger partial charge in [-0.2, -0.15) is 0 Å². The van der Waals surface area contributed by atoms with Crippen molar-refractivity contribution in [1.29, 1.82) is 0 Å². The minimum atomic E-state index is 0. The van der Waals surface area contributed by atoms with Gasteiger partial charge in [-0.05, 0) is 30.0 Å². The number of phenolic OH excluding ortho intramolecular Hbond substituents is 1. The van der Waals surface area contributed by atoms with Gasteiger partial charge in [0.1, 0.15) is 5.75 Å². The third kappa shape index (κ3) is 3.61. The number of phenols is 1. The molecule has 0 radical (unpaired) electrons. The van der Waals surface area contributed by atoms with Gasteiger partial charge in [0.25, 0.3) is 0 Å². The molecule has 2 aromatic carbocycles. The maximum absolute atomic E-state index is 10.0. The minimum absolute atomic E-state index is 0. The van der Waals surface area contributed by atoms with Gasteiger partial charge in [-0.15, -0.1) is 0 Å². The molecule has 0 spiro atoms. The summed E-state index contributed by atoms with van der Waals surface area (Å²) in [6.07, 6.45) is 3.35. The van der Waals surface area contributed by atoms with E-state index < -0.39 is 0 Å². The second-order valence-electron chi connectivity index (χ2n) is 4.28. The van der Waals surface area contributed by atoms with Crippen molar-refractivity contribution < 1.29 is 36.1 Å². The summed E-state index contributed by atoms with van der Waals surface area (Å²) in [6.45, 7) is 2.19. The van der Waals surface area contributed by atoms with E-state index in [1.807, 2.05) is 36.4 Å². The molecule has 90 valence electrons. The summed E-state index contributed by atoms with van der Waals surface area (Å²) in [6, 6.07) is 15.9. The molecule has 0 aliphatic rings. The third-order valence-corrected chi connectivity index (χ3v) is 2.99. The number of benzene rings is 2. The zero-order valence-corrected chi connectivity index (χ0v) is 13.2. The van der Waals surface area contributed by atoms with E-state index in [0.29, 0.717) is 5.75 Å². The zero-order valence-electron chi connectivity index (χ0n) is 12.2. The van der Waals surface area contributed by atoms with Gasteiger partial charge in [0.2, 0.25) is 0 Å². The molecular weight excluding hydrogens is 231 g/mol. The summed E-state index contributed by atoms with van der Waals surface area (Å²) < 4.78 is 0. The second kappa shape index (κ2) is 7.63. The van der Waals surface area contributed by atoms with Crippen molar-refractivity contribution in [2.75, 3.05) is 0 Å². The van der Waals surface area contributed by atoms with Crippen LogP contribution in [-0.4, -0.2) is 5.11 Å². The van der Waals surface area contributed by atoms with E-state index in [1.54, 1.807) is 6.07 Å². The van der Waals surface area contributed by atoms with Gasteiger partial charge < -0.3 is 6.53 Å². The van der Waals surface area contributed by atoms with E-state index in [9.17, 15) is 5.11 Å². The number of hydrogen-bond acceptors (Lipinski definition) is 1. The summed E-state index contributed by atoms with van der Waals surface area (Å²) in [7, 11) is 0. The molecule has 2 aromatic rings. The van der Waals surface area contributed by atoms with Crippen molar-refractivity contribution >= 4 is 0 Å². The average Bonchev–Trinajstić information content (AvgIpc) is 2.37. The first-order valence-electron chi connectivity index (χ1n) is 6.19. The first-order valence-corrected chi connectivity index (χ1v) is 6.19. The maximum atomic E-state index is 10.0. The van der Waals surface area contributed by atoms with Crippen LogP contribution in [0.5, 0.6) is 5.75 Å². The molecule has 2 rings (SSSR count). The van der Waals surface area contributed by atoms with Crippen LogP contribution in [0.15, 0.2) is 48.5 Å². The number of aromatic hydroxyl groups is 1. The van der Waals surface area contributed by atoms with Crippen LogP contribution in [0.2, 0.25) is 0 Å². The van der Waals surface area contributed by atoms with Gasteiger partial charge in [0, 0.05) is 5.56 Å². The Morgan fingerprint density at radius 1 is 1.00 bits per heavy atom. The molecule has 0 saturated heterocycles. The second-order valence-corrected chi connectivity index (χ2v) is 4.28. The van der Waals surface area contributed by atoms with Gasteiger partial charge in [-0.3, -0.25) is 0 Å². The fourth-order valence-corrected chi connectivity index (χ4v) is 2.10. The normalized spacial score (nSPS) is 9.83. The maximum Gasteiger partial charge on any atom is 1.00 e. The molecule has 0 amide bonds. The molecular formula is C16H19NaO. The Kier molecular flexibility index (Phi) is 6.48. The summed E-state index contributed by atoms with van der Waals surface area (Å²) in [5, 5.41) is 10.0. The first kappa shape index (κ1) is 15.3. The van der Waals surface area contributed by atoms with Crippen LogP contribution in [0, 0.1) is 0 Å². The van der Waals surface area contributed by atoms with Crippen LogP contribution < -0.4 is 29.6 Å². The van der Waals surface area contributed by atoms with Gasteiger partial charge in [-0.1, -0.05) is 55.8 Å². The summed E-state index contributed by atoms with van der Waals surface area (Å²) in [4.78, 5) is 0. The number of unbranched alkanes of at least 4 members (excludes halogenated alkanes) is 1. The predicted molar refractivity (Wildman–Crippen MR) is 73.3 cm³/mol.